The number of rotatable bonds is 4. The van der Waals surface area contributed by atoms with E-state index in [-0.39, 0.29) is 17.6 Å². The van der Waals surface area contributed by atoms with Crippen molar-refractivity contribution in [2.45, 2.75) is 63.5 Å². The summed E-state index contributed by atoms with van der Waals surface area (Å²) in [6, 6.07) is 2.06. The van der Waals surface area contributed by atoms with Gasteiger partial charge in [0.2, 0.25) is 0 Å². The largest absolute Gasteiger partial charge is 0.379 e. The second-order valence-electron chi connectivity index (χ2n) is 8.37. The number of amides is 2. The molecule has 3 aliphatic rings. The molecule has 7 nitrogen and oxygen atoms in total. The standard InChI is InChI=1S/C20H32N4O3/c1-16-14-17(22-27-16)18-6-5-9-24(18)19(25)21-20(7-3-2-4-8-20)15-23-10-12-26-13-11-23/h14,18H,2-13,15H2,1H3,(H,21,25). The predicted octanol–water partition coefficient (Wildman–Crippen LogP) is 2.86. The first-order valence-corrected chi connectivity index (χ1v) is 10.5. The van der Waals surface area contributed by atoms with Crippen molar-refractivity contribution in [2.75, 3.05) is 39.4 Å². The van der Waals surface area contributed by atoms with Crippen LogP contribution in [0, 0.1) is 6.92 Å². The lowest BCUT2D eigenvalue weighted by molar-refractivity contribution is 0.0189. The molecule has 1 saturated carbocycles. The molecule has 1 unspecified atom stereocenters. The number of nitrogens with one attached hydrogen (secondary N) is 1. The Hall–Kier alpha value is -1.60. The van der Waals surface area contributed by atoms with E-state index in [0.29, 0.717) is 0 Å². The molecule has 0 spiro atoms. The van der Waals surface area contributed by atoms with E-state index >= 15 is 0 Å². The highest BCUT2D eigenvalue weighted by molar-refractivity contribution is 5.76. The molecule has 1 atom stereocenters. The number of carbonyl (C=O) groups is 1. The lowest BCUT2D eigenvalue weighted by atomic mass is 9.81. The Morgan fingerprint density at radius 3 is 2.70 bits per heavy atom. The van der Waals surface area contributed by atoms with Crippen LogP contribution in [-0.2, 0) is 4.74 Å². The average molecular weight is 377 g/mol. The van der Waals surface area contributed by atoms with Gasteiger partial charge in [0.05, 0.1) is 24.8 Å². The number of nitrogens with zero attached hydrogens (tertiary/aromatic N) is 3. The van der Waals surface area contributed by atoms with Gasteiger partial charge in [-0.25, -0.2) is 4.79 Å². The fourth-order valence-corrected chi connectivity index (χ4v) is 4.90. The smallest absolute Gasteiger partial charge is 0.318 e. The van der Waals surface area contributed by atoms with Gasteiger partial charge in [0.25, 0.3) is 0 Å². The van der Waals surface area contributed by atoms with Crippen LogP contribution in [0.3, 0.4) is 0 Å². The molecule has 1 aliphatic carbocycles. The molecule has 1 N–H and O–H groups in total. The minimum Gasteiger partial charge on any atom is -0.379 e. The minimum atomic E-state index is -0.112. The molecule has 2 aliphatic heterocycles. The molecule has 4 rings (SSSR count). The molecule has 7 heteroatoms. The van der Waals surface area contributed by atoms with E-state index in [9.17, 15) is 4.79 Å². The Morgan fingerprint density at radius 2 is 2.00 bits per heavy atom. The fraction of sp³-hybridized carbons (Fsp3) is 0.800. The van der Waals surface area contributed by atoms with Gasteiger partial charge in [-0.15, -0.1) is 0 Å². The molecule has 1 aromatic rings. The zero-order chi connectivity index (χ0) is 18.7. The molecular weight excluding hydrogens is 344 g/mol. The van der Waals surface area contributed by atoms with Crippen molar-refractivity contribution in [3.05, 3.63) is 17.5 Å². The van der Waals surface area contributed by atoms with E-state index in [4.69, 9.17) is 9.26 Å². The lowest BCUT2D eigenvalue weighted by Crippen LogP contribution is -2.60. The Balaban J connectivity index is 1.45. The summed E-state index contributed by atoms with van der Waals surface area (Å²) < 4.78 is 10.7. The minimum absolute atomic E-state index is 0.0338. The summed E-state index contributed by atoms with van der Waals surface area (Å²) in [5.41, 5.74) is 0.769. The number of aromatic nitrogens is 1. The Morgan fingerprint density at radius 1 is 1.22 bits per heavy atom. The van der Waals surface area contributed by atoms with Crippen LogP contribution in [0.1, 0.15) is 62.4 Å². The van der Waals surface area contributed by atoms with Crippen LogP contribution in [0.25, 0.3) is 0 Å². The van der Waals surface area contributed by atoms with Gasteiger partial charge in [-0.2, -0.15) is 0 Å². The van der Waals surface area contributed by atoms with Crippen molar-refractivity contribution in [3.63, 3.8) is 0 Å². The number of morpholine rings is 1. The number of aryl methyl sites for hydroxylation is 1. The van der Waals surface area contributed by atoms with Crippen LogP contribution < -0.4 is 5.32 Å². The van der Waals surface area contributed by atoms with Crippen LogP contribution in [0.15, 0.2) is 10.6 Å². The van der Waals surface area contributed by atoms with Crippen LogP contribution in [0.2, 0.25) is 0 Å². The van der Waals surface area contributed by atoms with Crippen molar-refractivity contribution in [2.24, 2.45) is 0 Å². The van der Waals surface area contributed by atoms with Crippen molar-refractivity contribution in [1.82, 2.24) is 20.3 Å². The van der Waals surface area contributed by atoms with E-state index in [1.165, 1.54) is 19.3 Å². The van der Waals surface area contributed by atoms with Crippen molar-refractivity contribution >= 4 is 6.03 Å². The fourth-order valence-electron chi connectivity index (χ4n) is 4.90. The Bertz CT molecular complexity index is 635. The van der Waals surface area contributed by atoms with Gasteiger partial charge in [-0.05, 0) is 32.6 Å². The van der Waals surface area contributed by atoms with E-state index in [1.807, 2.05) is 17.9 Å². The van der Waals surface area contributed by atoms with Gasteiger partial charge in [-0.1, -0.05) is 24.4 Å². The van der Waals surface area contributed by atoms with E-state index in [0.717, 1.165) is 76.5 Å². The molecule has 0 aromatic carbocycles. The third kappa shape index (κ3) is 4.29. The quantitative estimate of drug-likeness (QED) is 0.875. The first-order chi connectivity index (χ1) is 13.2. The normalized spacial score (nSPS) is 26.3. The Kier molecular flexibility index (Phi) is 5.68. The maximum Gasteiger partial charge on any atom is 0.318 e. The summed E-state index contributed by atoms with van der Waals surface area (Å²) in [6.07, 6.45) is 7.75. The first-order valence-electron chi connectivity index (χ1n) is 10.5. The topological polar surface area (TPSA) is 70.8 Å². The highest BCUT2D eigenvalue weighted by Gasteiger charge is 2.39. The monoisotopic (exact) mass is 376 g/mol. The number of urea groups is 1. The predicted molar refractivity (Wildman–Crippen MR) is 102 cm³/mol. The zero-order valence-electron chi connectivity index (χ0n) is 16.4. The first kappa shape index (κ1) is 18.7. The molecule has 2 saturated heterocycles. The van der Waals surface area contributed by atoms with Crippen molar-refractivity contribution < 1.29 is 14.1 Å². The zero-order valence-corrected chi connectivity index (χ0v) is 16.4. The van der Waals surface area contributed by atoms with Gasteiger partial charge < -0.3 is 19.5 Å². The Labute approximate surface area is 161 Å². The number of carbonyl (C=O) groups excluding carboxylic acids is 1. The summed E-state index contributed by atoms with van der Waals surface area (Å²) in [6.45, 7) is 7.13. The number of hydrogen-bond acceptors (Lipinski definition) is 5. The van der Waals surface area contributed by atoms with Gasteiger partial charge in [0.15, 0.2) is 0 Å². The summed E-state index contributed by atoms with van der Waals surface area (Å²) >= 11 is 0. The molecule has 0 radical (unpaired) electrons. The summed E-state index contributed by atoms with van der Waals surface area (Å²) in [5.74, 6) is 0.799. The average Bonchev–Trinajstić information content (AvgIpc) is 3.32. The molecule has 3 fully saturated rings. The SMILES string of the molecule is Cc1cc(C2CCCN2C(=O)NC2(CN3CCOCC3)CCCCC2)no1. The highest BCUT2D eigenvalue weighted by atomic mass is 16.5. The van der Waals surface area contributed by atoms with Crippen LogP contribution >= 0.6 is 0 Å². The highest BCUT2D eigenvalue weighted by Crippen LogP contribution is 2.34. The third-order valence-electron chi connectivity index (χ3n) is 6.31. The second-order valence-corrected chi connectivity index (χ2v) is 8.37. The number of ether oxygens (including phenoxy) is 1. The van der Waals surface area contributed by atoms with Gasteiger partial charge >= 0.3 is 6.03 Å². The molecular formula is C20H32N4O3. The third-order valence-corrected chi connectivity index (χ3v) is 6.31. The lowest BCUT2D eigenvalue weighted by Gasteiger charge is -2.43. The maximum absolute atomic E-state index is 13.3. The van der Waals surface area contributed by atoms with Crippen molar-refractivity contribution in [1.29, 1.82) is 0 Å². The van der Waals surface area contributed by atoms with Crippen LogP contribution in [0.4, 0.5) is 4.79 Å². The van der Waals surface area contributed by atoms with Gasteiger partial charge in [0.1, 0.15) is 11.5 Å². The van der Waals surface area contributed by atoms with Crippen LogP contribution in [0.5, 0.6) is 0 Å². The summed E-state index contributed by atoms with van der Waals surface area (Å²) in [5, 5.41) is 7.64. The van der Waals surface area contributed by atoms with E-state index in [1.54, 1.807) is 0 Å². The summed E-state index contributed by atoms with van der Waals surface area (Å²) in [7, 11) is 0. The van der Waals surface area contributed by atoms with Crippen molar-refractivity contribution in [3.8, 4) is 0 Å². The van der Waals surface area contributed by atoms with Gasteiger partial charge in [0, 0.05) is 32.2 Å². The molecule has 2 amide bonds. The van der Waals surface area contributed by atoms with E-state index in [2.05, 4.69) is 15.4 Å². The molecule has 150 valence electrons. The number of likely N-dealkylation sites (tertiary alicyclic amines) is 1. The van der Waals surface area contributed by atoms with Crippen LogP contribution in [-0.4, -0.2) is 65.9 Å². The molecule has 3 heterocycles. The molecule has 0 bridgehead atoms. The number of hydrogen-bond donors (Lipinski definition) is 1. The summed E-state index contributed by atoms with van der Waals surface area (Å²) in [4.78, 5) is 17.7. The second kappa shape index (κ2) is 8.19. The molecule has 1 aromatic heterocycles. The van der Waals surface area contributed by atoms with E-state index < -0.39 is 0 Å². The molecule has 27 heavy (non-hydrogen) atoms. The maximum atomic E-state index is 13.3. The van der Waals surface area contributed by atoms with Gasteiger partial charge in [-0.3, -0.25) is 4.90 Å².